The van der Waals surface area contributed by atoms with Crippen molar-refractivity contribution in [1.82, 2.24) is 5.32 Å². The van der Waals surface area contributed by atoms with Crippen molar-refractivity contribution in [1.29, 1.82) is 0 Å². The van der Waals surface area contributed by atoms with Crippen LogP contribution in [0.3, 0.4) is 0 Å². The van der Waals surface area contributed by atoms with Gasteiger partial charge in [-0.3, -0.25) is 24.5 Å². The summed E-state index contributed by atoms with van der Waals surface area (Å²) in [4.78, 5) is 51.5. The first kappa shape index (κ1) is 19.9. The van der Waals surface area contributed by atoms with Crippen LogP contribution >= 0.6 is 0 Å². The number of rotatable bonds is 1. The molecular weight excluding hydrogens is 418 g/mol. The molecule has 1 heterocycles. The lowest BCUT2D eigenvalue weighted by molar-refractivity contribution is -0.126. The summed E-state index contributed by atoms with van der Waals surface area (Å²) < 4.78 is 0. The molecule has 2 amide bonds. The predicted molar refractivity (Wildman–Crippen MR) is 120 cm³/mol. The highest BCUT2D eigenvalue weighted by atomic mass is 16.3. The number of allylic oxidation sites excluding steroid dienone is 6. The second-order valence-electron chi connectivity index (χ2n) is 9.31. The summed E-state index contributed by atoms with van der Waals surface area (Å²) in [6, 6.07) is 11.1. The molecule has 3 aliphatic carbocycles. The minimum atomic E-state index is -0.645. The Balaban J connectivity index is 1.61. The summed E-state index contributed by atoms with van der Waals surface area (Å²) in [5.74, 6) is -3.07. The second-order valence-corrected chi connectivity index (χ2v) is 9.31. The highest BCUT2D eigenvalue weighted by molar-refractivity contribution is 6.24. The molecule has 1 aliphatic heterocycles. The van der Waals surface area contributed by atoms with E-state index in [0.717, 1.165) is 11.0 Å². The summed E-state index contributed by atoms with van der Waals surface area (Å²) in [6.07, 6.45) is 3.92. The van der Waals surface area contributed by atoms with Crippen LogP contribution in [0.5, 0.6) is 5.75 Å². The summed E-state index contributed by atoms with van der Waals surface area (Å²) in [7, 11) is 0. The van der Waals surface area contributed by atoms with Gasteiger partial charge in [-0.1, -0.05) is 48.0 Å². The molecule has 2 N–H and O–H groups in total. The quantitative estimate of drug-likeness (QED) is 0.404. The van der Waals surface area contributed by atoms with Gasteiger partial charge in [0, 0.05) is 33.6 Å². The summed E-state index contributed by atoms with van der Waals surface area (Å²) in [6.45, 7) is 1.63. The van der Waals surface area contributed by atoms with E-state index < -0.39 is 17.8 Å². The number of phenols is 1. The molecule has 4 aliphatic rings. The zero-order valence-electron chi connectivity index (χ0n) is 17.9. The highest BCUT2D eigenvalue weighted by Gasteiger charge is 2.53. The molecular formula is C27H21NO5. The molecule has 0 saturated carbocycles. The molecule has 0 radical (unpaired) electrons. The van der Waals surface area contributed by atoms with Gasteiger partial charge in [-0.2, -0.15) is 0 Å². The first-order chi connectivity index (χ1) is 15.9. The van der Waals surface area contributed by atoms with Gasteiger partial charge < -0.3 is 5.11 Å². The number of imide groups is 1. The smallest absolute Gasteiger partial charge is 0.231 e. The first-order valence-electron chi connectivity index (χ1n) is 11.1. The molecule has 2 aromatic carbocycles. The van der Waals surface area contributed by atoms with Gasteiger partial charge in [0.15, 0.2) is 11.6 Å². The van der Waals surface area contributed by atoms with Crippen LogP contribution in [0.1, 0.15) is 31.2 Å². The topological polar surface area (TPSA) is 101 Å². The summed E-state index contributed by atoms with van der Waals surface area (Å²) in [5, 5.41) is 15.2. The molecule has 0 spiro atoms. The largest absolute Gasteiger partial charge is 0.507 e. The molecule has 33 heavy (non-hydrogen) atoms. The van der Waals surface area contributed by atoms with Gasteiger partial charge in [-0.05, 0) is 37.1 Å². The Morgan fingerprint density at radius 2 is 1.76 bits per heavy atom. The SMILES string of the molecule is CC1=CC(=O)C2=C(C1=O)[C@@H](c1ccc3ccccc3c1O)C1=CC[C@@H]3C(=O)NC(=O)[C@@H]3[C@@H]1C2. The molecule has 6 rings (SSSR count). The molecule has 164 valence electrons. The number of carbonyl (C=O) groups excluding carboxylic acids is 4. The predicted octanol–water partition coefficient (Wildman–Crippen LogP) is 3.26. The minimum absolute atomic E-state index is 0.0630. The van der Waals surface area contributed by atoms with Crippen molar-refractivity contribution < 1.29 is 24.3 Å². The van der Waals surface area contributed by atoms with Gasteiger partial charge in [0.25, 0.3) is 0 Å². The fourth-order valence-electron chi connectivity index (χ4n) is 6.13. The van der Waals surface area contributed by atoms with Crippen molar-refractivity contribution in [2.75, 3.05) is 0 Å². The summed E-state index contributed by atoms with van der Waals surface area (Å²) >= 11 is 0. The molecule has 0 aromatic heterocycles. The summed E-state index contributed by atoms with van der Waals surface area (Å²) in [5.41, 5.74) is 2.51. The van der Waals surface area contributed by atoms with Crippen LogP contribution in [-0.2, 0) is 19.2 Å². The number of Topliss-reactive ketones (excluding diaryl/α,β-unsaturated/α-hetero) is 1. The van der Waals surface area contributed by atoms with Gasteiger partial charge in [-0.15, -0.1) is 0 Å². The van der Waals surface area contributed by atoms with E-state index in [4.69, 9.17) is 0 Å². The lowest BCUT2D eigenvalue weighted by Gasteiger charge is -2.42. The third-order valence-corrected chi connectivity index (χ3v) is 7.65. The third kappa shape index (κ3) is 2.67. The van der Waals surface area contributed by atoms with Crippen molar-refractivity contribution >= 4 is 34.2 Å². The van der Waals surface area contributed by atoms with E-state index in [1.54, 1.807) is 13.0 Å². The molecule has 0 bridgehead atoms. The van der Waals surface area contributed by atoms with Gasteiger partial charge in [0.2, 0.25) is 11.8 Å². The van der Waals surface area contributed by atoms with Crippen LogP contribution < -0.4 is 5.32 Å². The standard InChI is InChI=1S/C27H21NO5/c1-12-10-20(29)19-11-18-15(8-9-17-22(18)27(33)28-26(17)32)21(23(19)24(12)30)16-7-6-13-4-2-3-5-14(13)25(16)31/h2-8,10,17-18,21-22,31H,9,11H2,1H3,(H,28,32,33)/t17-,18+,21+,22-/m0/s1. The number of nitrogens with one attached hydrogen (secondary N) is 1. The van der Waals surface area contributed by atoms with E-state index in [0.29, 0.717) is 34.1 Å². The average Bonchev–Trinajstić information content (AvgIpc) is 3.10. The van der Waals surface area contributed by atoms with E-state index in [1.807, 2.05) is 36.4 Å². The van der Waals surface area contributed by atoms with Gasteiger partial charge in [-0.25, -0.2) is 0 Å². The van der Waals surface area contributed by atoms with Crippen LogP contribution in [0.4, 0.5) is 0 Å². The van der Waals surface area contributed by atoms with Crippen LogP contribution in [0.25, 0.3) is 10.8 Å². The average molecular weight is 439 g/mol. The number of fused-ring (bicyclic) bond motifs is 4. The Labute approximate surface area is 189 Å². The van der Waals surface area contributed by atoms with Crippen molar-refractivity contribution in [3.05, 3.63) is 76.4 Å². The molecule has 4 atom stereocenters. The number of hydrogen-bond acceptors (Lipinski definition) is 5. The number of carbonyl (C=O) groups is 4. The first-order valence-corrected chi connectivity index (χ1v) is 11.1. The van der Waals surface area contributed by atoms with Gasteiger partial charge in [0.1, 0.15) is 5.75 Å². The van der Waals surface area contributed by atoms with Crippen molar-refractivity contribution in [3.8, 4) is 5.75 Å². The number of hydrogen-bond donors (Lipinski definition) is 2. The van der Waals surface area contributed by atoms with Crippen LogP contribution in [0.2, 0.25) is 0 Å². The van der Waals surface area contributed by atoms with Crippen molar-refractivity contribution in [2.45, 2.75) is 25.7 Å². The van der Waals surface area contributed by atoms with Crippen LogP contribution in [0, 0.1) is 17.8 Å². The normalized spacial score (nSPS) is 28.8. The number of benzene rings is 2. The Morgan fingerprint density at radius 3 is 2.58 bits per heavy atom. The Morgan fingerprint density at radius 1 is 0.970 bits per heavy atom. The maximum Gasteiger partial charge on any atom is 0.231 e. The minimum Gasteiger partial charge on any atom is -0.507 e. The van der Waals surface area contributed by atoms with E-state index in [9.17, 15) is 24.3 Å². The maximum atomic E-state index is 13.4. The molecule has 6 heteroatoms. The van der Waals surface area contributed by atoms with E-state index in [-0.39, 0.29) is 41.5 Å². The van der Waals surface area contributed by atoms with E-state index in [1.165, 1.54) is 6.08 Å². The van der Waals surface area contributed by atoms with Gasteiger partial charge in [0.05, 0.1) is 11.8 Å². The second kappa shape index (κ2) is 6.85. The zero-order chi connectivity index (χ0) is 23.0. The Bertz CT molecular complexity index is 1410. The molecule has 2 aromatic rings. The van der Waals surface area contributed by atoms with E-state index in [2.05, 4.69) is 5.32 Å². The lowest BCUT2D eigenvalue weighted by Crippen LogP contribution is -2.39. The number of ketones is 2. The van der Waals surface area contributed by atoms with Crippen LogP contribution in [0.15, 0.2) is 70.8 Å². The highest BCUT2D eigenvalue weighted by Crippen LogP contribution is 2.55. The Hall–Kier alpha value is -3.80. The van der Waals surface area contributed by atoms with Crippen LogP contribution in [-0.4, -0.2) is 28.5 Å². The maximum absolute atomic E-state index is 13.4. The van der Waals surface area contributed by atoms with Crippen molar-refractivity contribution in [2.24, 2.45) is 17.8 Å². The molecule has 0 unspecified atom stereocenters. The number of amides is 2. The fraction of sp³-hybridized carbons (Fsp3) is 0.259. The monoisotopic (exact) mass is 439 g/mol. The number of phenolic OH excluding ortho intramolecular Hbond substituents is 1. The fourth-order valence-corrected chi connectivity index (χ4v) is 6.13. The molecule has 1 fully saturated rings. The molecule has 1 saturated heterocycles. The van der Waals surface area contributed by atoms with Crippen molar-refractivity contribution in [3.63, 3.8) is 0 Å². The third-order valence-electron chi connectivity index (χ3n) is 7.65. The number of aromatic hydroxyl groups is 1. The Kier molecular flexibility index (Phi) is 4.12. The zero-order valence-corrected chi connectivity index (χ0v) is 17.9. The van der Waals surface area contributed by atoms with Gasteiger partial charge >= 0.3 is 0 Å². The lowest BCUT2D eigenvalue weighted by atomic mass is 9.59. The van der Waals surface area contributed by atoms with E-state index >= 15 is 0 Å². The molecule has 6 nitrogen and oxygen atoms in total.